The number of aliphatic hydroxyl groups is 1. The van der Waals surface area contributed by atoms with Crippen molar-refractivity contribution in [3.05, 3.63) is 11.6 Å². The molecule has 0 bridgehead atoms. The van der Waals surface area contributed by atoms with E-state index in [2.05, 4.69) is 6.92 Å². The second-order valence-corrected chi connectivity index (χ2v) is 11.3. The van der Waals surface area contributed by atoms with E-state index in [1.807, 2.05) is 6.92 Å². The van der Waals surface area contributed by atoms with E-state index >= 15 is 0 Å². The van der Waals surface area contributed by atoms with E-state index in [-0.39, 0.29) is 24.5 Å². The lowest BCUT2D eigenvalue weighted by Crippen LogP contribution is -2.67. The maximum atomic E-state index is 13.6. The van der Waals surface area contributed by atoms with Crippen LogP contribution in [0.3, 0.4) is 0 Å². The predicted molar refractivity (Wildman–Crippen MR) is 118 cm³/mol. The van der Waals surface area contributed by atoms with Gasteiger partial charge in [-0.25, -0.2) is 0 Å². The van der Waals surface area contributed by atoms with Crippen molar-refractivity contribution >= 4 is 23.5 Å². The molecule has 2 unspecified atom stereocenters. The predicted octanol–water partition coefficient (Wildman–Crippen LogP) is 2.59. The number of hydrogen-bond acceptors (Lipinski definition) is 8. The highest BCUT2D eigenvalue weighted by Gasteiger charge is 2.90. The fourth-order valence-corrected chi connectivity index (χ4v) is 8.42. The fraction of sp³-hybridized carbons (Fsp3) is 0.769. The van der Waals surface area contributed by atoms with Crippen LogP contribution in [0, 0.1) is 16.7 Å². The second-order valence-electron chi connectivity index (χ2n) is 11.3. The van der Waals surface area contributed by atoms with Crippen molar-refractivity contribution < 1.29 is 38.5 Å². The van der Waals surface area contributed by atoms with E-state index in [4.69, 9.17) is 14.2 Å². The van der Waals surface area contributed by atoms with Gasteiger partial charge in [-0.15, -0.1) is 0 Å². The molecule has 4 fully saturated rings. The summed E-state index contributed by atoms with van der Waals surface area (Å²) in [5, 5.41) is 11.7. The van der Waals surface area contributed by atoms with Crippen LogP contribution in [0.25, 0.3) is 0 Å². The number of esters is 2. The molecule has 4 aliphatic carbocycles. The minimum atomic E-state index is -1.49. The van der Waals surface area contributed by atoms with Gasteiger partial charge in [0.25, 0.3) is 0 Å². The first-order chi connectivity index (χ1) is 15.9. The van der Waals surface area contributed by atoms with Crippen molar-refractivity contribution in [1.29, 1.82) is 0 Å². The van der Waals surface area contributed by atoms with Crippen molar-refractivity contribution in [3.8, 4) is 0 Å². The Kier molecular flexibility index (Phi) is 5.03. The molecule has 8 heteroatoms. The van der Waals surface area contributed by atoms with Crippen LogP contribution in [-0.2, 0) is 33.4 Å². The average molecular weight is 475 g/mol. The third kappa shape index (κ3) is 2.61. The van der Waals surface area contributed by atoms with Gasteiger partial charge in [-0.1, -0.05) is 26.3 Å². The Bertz CT molecular complexity index is 1020. The molecule has 0 aromatic carbocycles. The third-order valence-corrected chi connectivity index (χ3v) is 9.99. The van der Waals surface area contributed by atoms with Crippen LogP contribution in [-0.4, -0.2) is 58.1 Å². The highest BCUT2D eigenvalue weighted by molar-refractivity contribution is 5.94. The summed E-state index contributed by atoms with van der Waals surface area (Å²) in [4.78, 5) is 49.7. The number of carbonyl (C=O) groups is 4. The Hall–Kier alpha value is -2.06. The summed E-state index contributed by atoms with van der Waals surface area (Å²) in [6, 6.07) is 0. The molecule has 5 rings (SSSR count). The van der Waals surface area contributed by atoms with Crippen molar-refractivity contribution in [2.24, 2.45) is 16.7 Å². The molecule has 186 valence electrons. The summed E-state index contributed by atoms with van der Waals surface area (Å²) >= 11 is 0. The molecule has 1 aliphatic heterocycles. The monoisotopic (exact) mass is 474 g/mol. The van der Waals surface area contributed by atoms with Crippen LogP contribution in [0.5, 0.6) is 0 Å². The van der Waals surface area contributed by atoms with Gasteiger partial charge in [-0.2, -0.15) is 0 Å². The topological polar surface area (TPSA) is 120 Å². The Morgan fingerprint density at radius 3 is 2.59 bits per heavy atom. The smallest absolute Gasteiger partial charge is 0.306 e. The number of Topliss-reactive ketones (excluding diaryl/α,β-unsaturated/α-hetero) is 1. The summed E-state index contributed by atoms with van der Waals surface area (Å²) in [5.41, 5.74) is -3.23. The molecular weight excluding hydrogens is 440 g/mol. The minimum Gasteiger partial charge on any atom is -0.458 e. The maximum Gasteiger partial charge on any atom is 0.306 e. The summed E-state index contributed by atoms with van der Waals surface area (Å²) in [7, 11) is 0. The van der Waals surface area contributed by atoms with Gasteiger partial charge in [0.1, 0.15) is 11.2 Å². The zero-order valence-electron chi connectivity index (χ0n) is 20.4. The van der Waals surface area contributed by atoms with E-state index in [0.717, 1.165) is 5.57 Å². The van der Waals surface area contributed by atoms with E-state index in [1.54, 1.807) is 13.0 Å². The first-order valence-electron chi connectivity index (χ1n) is 12.4. The lowest BCUT2D eigenvalue weighted by atomic mass is 9.45. The number of epoxide rings is 1. The molecule has 34 heavy (non-hydrogen) atoms. The van der Waals surface area contributed by atoms with Crippen molar-refractivity contribution in [3.63, 3.8) is 0 Å². The van der Waals surface area contributed by atoms with Gasteiger partial charge >= 0.3 is 11.9 Å². The molecule has 0 radical (unpaired) electrons. The third-order valence-electron chi connectivity index (χ3n) is 9.99. The van der Waals surface area contributed by atoms with Crippen LogP contribution in [0.4, 0.5) is 0 Å². The van der Waals surface area contributed by atoms with Gasteiger partial charge in [0.2, 0.25) is 5.78 Å². The van der Waals surface area contributed by atoms with Crippen LogP contribution in [0.15, 0.2) is 11.6 Å². The van der Waals surface area contributed by atoms with Crippen molar-refractivity contribution in [2.75, 3.05) is 6.61 Å². The van der Waals surface area contributed by atoms with Crippen LogP contribution in [0.2, 0.25) is 0 Å². The second kappa shape index (κ2) is 7.23. The Morgan fingerprint density at radius 1 is 1.18 bits per heavy atom. The van der Waals surface area contributed by atoms with Crippen LogP contribution < -0.4 is 0 Å². The van der Waals surface area contributed by atoms with E-state index in [9.17, 15) is 24.3 Å². The van der Waals surface area contributed by atoms with Crippen LogP contribution >= 0.6 is 0 Å². The molecule has 1 heterocycles. The van der Waals surface area contributed by atoms with Gasteiger partial charge in [0.05, 0.1) is 6.10 Å². The van der Waals surface area contributed by atoms with E-state index < -0.39 is 58.1 Å². The Morgan fingerprint density at radius 2 is 1.91 bits per heavy atom. The van der Waals surface area contributed by atoms with Gasteiger partial charge in [0.15, 0.2) is 18.0 Å². The molecule has 7 atom stereocenters. The largest absolute Gasteiger partial charge is 0.458 e. The minimum absolute atomic E-state index is 0.109. The zero-order chi connectivity index (χ0) is 24.7. The van der Waals surface area contributed by atoms with Gasteiger partial charge in [0, 0.05) is 36.5 Å². The lowest BCUT2D eigenvalue weighted by Gasteiger charge is -2.56. The standard InChI is InChI=1S/C26H34O8/c1-5-21(31)33-25(20(30)14-32-15(2)27)11-8-18-23(25,4)13-19(29)26-22(3)9-7-17(28)12-16(22)6-10-24(18,26)34-26/h12,18-19,29H,5-11,13-14H2,1-4H3/t18-,19+,22+,23+,24?,25+,26?/m1/s1. The quantitative estimate of drug-likeness (QED) is 0.477. The summed E-state index contributed by atoms with van der Waals surface area (Å²) < 4.78 is 17.7. The number of rotatable bonds is 5. The molecule has 0 spiro atoms. The first kappa shape index (κ1) is 23.7. The summed E-state index contributed by atoms with van der Waals surface area (Å²) in [6.07, 6.45) is 4.48. The highest BCUT2D eigenvalue weighted by atomic mass is 16.6. The number of aliphatic hydroxyl groups excluding tert-OH is 1. The van der Waals surface area contributed by atoms with Gasteiger partial charge in [-0.3, -0.25) is 19.2 Å². The molecule has 0 aromatic heterocycles. The maximum absolute atomic E-state index is 13.6. The number of ketones is 2. The average Bonchev–Trinajstić information content (AvgIpc) is 3.42. The van der Waals surface area contributed by atoms with Gasteiger partial charge in [-0.05, 0) is 44.6 Å². The number of carbonyl (C=O) groups excluding carboxylic acids is 4. The molecule has 0 amide bonds. The summed E-state index contributed by atoms with van der Waals surface area (Å²) in [6.45, 7) is 6.45. The highest BCUT2D eigenvalue weighted by Crippen LogP contribution is 2.81. The molecule has 1 saturated heterocycles. The first-order valence-corrected chi connectivity index (χ1v) is 12.4. The van der Waals surface area contributed by atoms with Crippen molar-refractivity contribution in [1.82, 2.24) is 0 Å². The number of ether oxygens (including phenoxy) is 3. The van der Waals surface area contributed by atoms with E-state index in [1.165, 1.54) is 6.92 Å². The SMILES string of the molecule is CCC(=O)O[C@]1(C(=O)COC(C)=O)CC[C@H]2C34CCC5=CC(=O)CC[C@]5(C)C3(O4)[C@@H](O)C[C@@]21C. The fourth-order valence-electron chi connectivity index (χ4n) is 8.42. The summed E-state index contributed by atoms with van der Waals surface area (Å²) in [5.74, 6) is -1.52. The normalized spacial score (nSPS) is 46.3. The molecule has 0 aromatic rings. The van der Waals surface area contributed by atoms with Gasteiger partial charge < -0.3 is 19.3 Å². The van der Waals surface area contributed by atoms with E-state index in [0.29, 0.717) is 38.5 Å². The molecular formula is C26H34O8. The molecule has 5 aliphatic rings. The number of fused-ring (bicyclic) bond motifs is 2. The van der Waals surface area contributed by atoms with Crippen molar-refractivity contribution in [2.45, 2.75) is 102 Å². The van der Waals surface area contributed by atoms with Crippen LogP contribution in [0.1, 0.15) is 79.1 Å². The molecule has 1 N–H and O–H groups in total. The Balaban J connectivity index is 1.57. The zero-order valence-corrected chi connectivity index (χ0v) is 20.4. The lowest BCUT2D eigenvalue weighted by molar-refractivity contribution is -0.193. The Labute approximate surface area is 199 Å². The molecule has 3 saturated carbocycles. The molecule has 8 nitrogen and oxygen atoms in total. The number of hydrogen-bond donors (Lipinski definition) is 1.